The third kappa shape index (κ3) is 1.79. The van der Waals surface area contributed by atoms with Crippen molar-refractivity contribution in [3.8, 4) is 0 Å². The fourth-order valence-electron chi connectivity index (χ4n) is 2.55. The Bertz CT molecular complexity index is 463. The van der Waals surface area contributed by atoms with Crippen LogP contribution in [0.1, 0.15) is 18.4 Å². The smallest absolute Gasteiger partial charge is 0.228 e. The zero-order chi connectivity index (χ0) is 13.4. The van der Waals surface area contributed by atoms with E-state index < -0.39 is 17.1 Å². The van der Waals surface area contributed by atoms with Crippen LogP contribution in [0.25, 0.3) is 0 Å². The quantitative estimate of drug-likeness (QED) is 0.823. The second-order valence-electron chi connectivity index (χ2n) is 4.63. The SMILES string of the molecule is COC1(OC)CC(C(N)=O)(c2cccc(F)c2)C1. The molecule has 2 rings (SSSR count). The zero-order valence-corrected chi connectivity index (χ0v) is 10.4. The Morgan fingerprint density at radius 3 is 2.39 bits per heavy atom. The molecule has 1 fully saturated rings. The van der Waals surface area contributed by atoms with Gasteiger partial charge in [-0.25, -0.2) is 4.39 Å². The van der Waals surface area contributed by atoms with Crippen LogP contribution in [0.3, 0.4) is 0 Å². The molecule has 1 aromatic rings. The lowest BCUT2D eigenvalue weighted by Crippen LogP contribution is -2.62. The Morgan fingerprint density at radius 2 is 1.94 bits per heavy atom. The third-order valence-corrected chi connectivity index (χ3v) is 3.74. The van der Waals surface area contributed by atoms with Crippen LogP contribution in [-0.2, 0) is 19.7 Å². The molecule has 2 N–H and O–H groups in total. The average molecular weight is 253 g/mol. The molecule has 18 heavy (non-hydrogen) atoms. The van der Waals surface area contributed by atoms with Crippen LogP contribution < -0.4 is 5.73 Å². The van der Waals surface area contributed by atoms with E-state index in [1.807, 2.05) is 0 Å². The molecule has 1 aliphatic rings. The predicted octanol–water partition coefficient (Wildman–Crippen LogP) is 1.33. The zero-order valence-electron chi connectivity index (χ0n) is 10.4. The molecule has 0 radical (unpaired) electrons. The molecule has 1 amide bonds. The van der Waals surface area contributed by atoms with Gasteiger partial charge in [-0.2, -0.15) is 0 Å². The first-order valence-corrected chi connectivity index (χ1v) is 5.64. The summed E-state index contributed by atoms with van der Waals surface area (Å²) in [6, 6.07) is 5.93. The number of hydrogen-bond acceptors (Lipinski definition) is 3. The standard InChI is InChI=1S/C13H16FNO3/c1-17-13(18-2)7-12(8-13,11(15)16)9-4-3-5-10(14)6-9/h3-6H,7-8H2,1-2H3,(H2,15,16). The molecule has 0 spiro atoms. The van der Waals surface area contributed by atoms with E-state index in [0.717, 1.165) is 0 Å². The monoisotopic (exact) mass is 253 g/mol. The summed E-state index contributed by atoms with van der Waals surface area (Å²) in [6.07, 6.45) is 0.595. The highest BCUT2D eigenvalue weighted by Crippen LogP contribution is 2.52. The lowest BCUT2D eigenvalue weighted by Gasteiger charge is -2.52. The summed E-state index contributed by atoms with van der Waals surface area (Å²) in [7, 11) is 3.03. The molecule has 1 aliphatic carbocycles. The molecule has 98 valence electrons. The van der Waals surface area contributed by atoms with Gasteiger partial charge in [0.05, 0.1) is 5.41 Å². The first-order chi connectivity index (χ1) is 8.48. The number of nitrogens with two attached hydrogens (primary N) is 1. The van der Waals surface area contributed by atoms with E-state index in [0.29, 0.717) is 18.4 Å². The lowest BCUT2D eigenvalue weighted by molar-refractivity contribution is -0.274. The topological polar surface area (TPSA) is 61.6 Å². The molecule has 5 heteroatoms. The maximum atomic E-state index is 13.3. The summed E-state index contributed by atoms with van der Waals surface area (Å²) >= 11 is 0. The molecule has 0 heterocycles. The number of methoxy groups -OCH3 is 2. The second kappa shape index (κ2) is 4.33. The molecule has 0 bridgehead atoms. The van der Waals surface area contributed by atoms with Crippen molar-refractivity contribution in [3.63, 3.8) is 0 Å². The molecule has 4 nitrogen and oxygen atoms in total. The minimum Gasteiger partial charge on any atom is -0.369 e. The van der Waals surface area contributed by atoms with Gasteiger partial charge in [0.15, 0.2) is 5.79 Å². The Hall–Kier alpha value is -1.46. The second-order valence-corrected chi connectivity index (χ2v) is 4.63. The lowest BCUT2D eigenvalue weighted by atomic mass is 9.60. The summed E-state index contributed by atoms with van der Waals surface area (Å²) in [5, 5.41) is 0. The Kier molecular flexibility index (Phi) is 3.12. The maximum Gasteiger partial charge on any atom is 0.228 e. The number of benzene rings is 1. The number of hydrogen-bond donors (Lipinski definition) is 1. The molecule has 1 saturated carbocycles. The van der Waals surface area contributed by atoms with Crippen molar-refractivity contribution < 1.29 is 18.7 Å². The van der Waals surface area contributed by atoms with Gasteiger partial charge in [0.2, 0.25) is 5.91 Å². The Balaban J connectivity index is 2.35. The number of ether oxygens (including phenoxy) is 2. The summed E-state index contributed by atoms with van der Waals surface area (Å²) in [5.74, 6) is -1.68. The van der Waals surface area contributed by atoms with Crippen LogP contribution in [0, 0.1) is 5.82 Å². The summed E-state index contributed by atoms with van der Waals surface area (Å²) in [4.78, 5) is 11.7. The normalized spacial score (nSPS) is 20.2. The minimum absolute atomic E-state index is 0.297. The van der Waals surface area contributed by atoms with E-state index in [4.69, 9.17) is 15.2 Å². The molecule has 0 unspecified atom stereocenters. The number of halogens is 1. The largest absolute Gasteiger partial charge is 0.369 e. The summed E-state index contributed by atoms with van der Waals surface area (Å²) in [5.41, 5.74) is 5.13. The average Bonchev–Trinajstić information content (AvgIpc) is 2.29. The van der Waals surface area contributed by atoms with Gasteiger partial charge in [-0.05, 0) is 17.7 Å². The van der Waals surface area contributed by atoms with Gasteiger partial charge < -0.3 is 15.2 Å². The summed E-state index contributed by atoms with van der Waals surface area (Å²) in [6.45, 7) is 0. The molecule has 0 saturated heterocycles. The van der Waals surface area contributed by atoms with Crippen LogP contribution in [-0.4, -0.2) is 25.9 Å². The van der Waals surface area contributed by atoms with Crippen molar-refractivity contribution in [2.24, 2.45) is 5.73 Å². The maximum absolute atomic E-state index is 13.3. The van der Waals surface area contributed by atoms with Crippen molar-refractivity contribution in [2.75, 3.05) is 14.2 Å². The van der Waals surface area contributed by atoms with Gasteiger partial charge in [-0.3, -0.25) is 4.79 Å². The number of carbonyl (C=O) groups excluding carboxylic acids is 1. The van der Waals surface area contributed by atoms with Crippen LogP contribution in [0.5, 0.6) is 0 Å². The summed E-state index contributed by atoms with van der Waals surface area (Å²) < 4.78 is 23.8. The van der Waals surface area contributed by atoms with Gasteiger partial charge in [0, 0.05) is 27.1 Å². The molecular weight excluding hydrogens is 237 g/mol. The van der Waals surface area contributed by atoms with Gasteiger partial charge in [-0.1, -0.05) is 12.1 Å². The number of rotatable bonds is 4. The minimum atomic E-state index is -0.909. The van der Waals surface area contributed by atoms with Gasteiger partial charge in [0.1, 0.15) is 5.82 Å². The van der Waals surface area contributed by atoms with Crippen LogP contribution >= 0.6 is 0 Å². The molecule has 0 atom stereocenters. The molecule has 1 aromatic carbocycles. The highest BCUT2D eigenvalue weighted by Gasteiger charge is 2.60. The van der Waals surface area contributed by atoms with Crippen molar-refractivity contribution in [1.82, 2.24) is 0 Å². The Morgan fingerprint density at radius 1 is 1.33 bits per heavy atom. The highest BCUT2D eigenvalue weighted by molar-refractivity contribution is 5.88. The van der Waals surface area contributed by atoms with E-state index in [2.05, 4.69) is 0 Å². The van der Waals surface area contributed by atoms with Crippen molar-refractivity contribution in [2.45, 2.75) is 24.0 Å². The molecule has 0 aromatic heterocycles. The van der Waals surface area contributed by atoms with Crippen molar-refractivity contribution in [3.05, 3.63) is 35.6 Å². The highest BCUT2D eigenvalue weighted by atomic mass is 19.1. The van der Waals surface area contributed by atoms with E-state index >= 15 is 0 Å². The van der Waals surface area contributed by atoms with E-state index in [1.165, 1.54) is 26.4 Å². The Labute approximate surface area is 105 Å². The number of primary amides is 1. The number of carbonyl (C=O) groups is 1. The first kappa shape index (κ1) is 13.0. The van der Waals surface area contributed by atoms with Gasteiger partial charge in [-0.15, -0.1) is 0 Å². The van der Waals surface area contributed by atoms with E-state index in [1.54, 1.807) is 12.1 Å². The van der Waals surface area contributed by atoms with E-state index in [9.17, 15) is 9.18 Å². The number of amides is 1. The predicted molar refractivity (Wildman–Crippen MR) is 63.3 cm³/mol. The fourth-order valence-corrected chi connectivity index (χ4v) is 2.55. The van der Waals surface area contributed by atoms with Crippen LogP contribution in [0.15, 0.2) is 24.3 Å². The van der Waals surface area contributed by atoms with Crippen molar-refractivity contribution >= 4 is 5.91 Å². The van der Waals surface area contributed by atoms with Gasteiger partial charge >= 0.3 is 0 Å². The van der Waals surface area contributed by atoms with E-state index in [-0.39, 0.29) is 5.82 Å². The molecular formula is C13H16FNO3. The van der Waals surface area contributed by atoms with Crippen LogP contribution in [0.2, 0.25) is 0 Å². The molecule has 0 aliphatic heterocycles. The van der Waals surface area contributed by atoms with Crippen LogP contribution in [0.4, 0.5) is 4.39 Å². The van der Waals surface area contributed by atoms with Crippen molar-refractivity contribution in [1.29, 1.82) is 0 Å². The van der Waals surface area contributed by atoms with Gasteiger partial charge in [0.25, 0.3) is 0 Å². The third-order valence-electron chi connectivity index (χ3n) is 3.74. The fraction of sp³-hybridized carbons (Fsp3) is 0.462. The first-order valence-electron chi connectivity index (χ1n) is 5.64.